The van der Waals surface area contributed by atoms with Crippen LogP contribution in [-0.4, -0.2) is 33.9 Å². The van der Waals surface area contributed by atoms with Crippen LogP contribution >= 0.6 is 0 Å². The number of likely N-dealkylation sites (tertiary alicyclic amines) is 1. The first-order valence-electron chi connectivity index (χ1n) is 6.70. The maximum Gasteiger partial charge on any atom is 0.117 e. The molecule has 1 fully saturated rings. The number of rotatable bonds is 3. The summed E-state index contributed by atoms with van der Waals surface area (Å²) in [5, 5.41) is 0. The Hall–Kier alpha value is -1.39. The van der Waals surface area contributed by atoms with Crippen molar-refractivity contribution in [1.82, 2.24) is 14.3 Å². The fraction of sp³-hybridized carbons (Fsp3) is 0.500. The number of likely N-dealkylation sites (N-methyl/N-ethyl adjacent to an activating group) is 1. The molecule has 2 aromatic heterocycles. The minimum absolute atomic E-state index is 0.556. The molecule has 1 atom stereocenters. The smallest absolute Gasteiger partial charge is 0.117 e. The summed E-state index contributed by atoms with van der Waals surface area (Å²) in [7, 11) is 0. The summed E-state index contributed by atoms with van der Waals surface area (Å²) < 4.78 is 2.21. The lowest BCUT2D eigenvalue weighted by Crippen LogP contribution is -2.19. The highest BCUT2D eigenvalue weighted by Gasteiger charge is 2.26. The fourth-order valence-corrected chi connectivity index (χ4v) is 2.91. The molecule has 1 saturated heterocycles. The van der Waals surface area contributed by atoms with E-state index in [1.165, 1.54) is 24.4 Å². The maximum absolute atomic E-state index is 5.77. The highest BCUT2D eigenvalue weighted by Crippen LogP contribution is 2.27. The van der Waals surface area contributed by atoms with E-state index in [-0.39, 0.29) is 0 Å². The Morgan fingerprint density at radius 1 is 1.50 bits per heavy atom. The van der Waals surface area contributed by atoms with Gasteiger partial charge >= 0.3 is 0 Å². The van der Waals surface area contributed by atoms with Gasteiger partial charge in [-0.15, -0.1) is 0 Å². The average molecular weight is 244 g/mol. The van der Waals surface area contributed by atoms with Crippen LogP contribution in [0.25, 0.3) is 5.52 Å². The molecule has 0 spiro atoms. The Morgan fingerprint density at radius 2 is 2.39 bits per heavy atom. The van der Waals surface area contributed by atoms with E-state index in [0.717, 1.165) is 18.6 Å². The van der Waals surface area contributed by atoms with Gasteiger partial charge in [0.2, 0.25) is 0 Å². The van der Waals surface area contributed by atoms with Gasteiger partial charge in [-0.3, -0.25) is 0 Å². The second kappa shape index (κ2) is 4.71. The number of hydrogen-bond acceptors (Lipinski definition) is 3. The first kappa shape index (κ1) is 11.7. The molecule has 1 aliphatic rings. The van der Waals surface area contributed by atoms with Crippen LogP contribution in [-0.2, 0) is 6.54 Å². The molecule has 0 aromatic carbocycles. The maximum atomic E-state index is 5.77. The van der Waals surface area contributed by atoms with Crippen LogP contribution in [0.15, 0.2) is 24.5 Å². The minimum atomic E-state index is 0.556. The van der Waals surface area contributed by atoms with Gasteiger partial charge < -0.3 is 15.0 Å². The average Bonchev–Trinajstić information content (AvgIpc) is 3.03. The zero-order valence-corrected chi connectivity index (χ0v) is 10.8. The van der Waals surface area contributed by atoms with Gasteiger partial charge in [0.1, 0.15) is 5.82 Å². The Balaban J connectivity index is 1.98. The van der Waals surface area contributed by atoms with Gasteiger partial charge in [0.15, 0.2) is 0 Å². The SMILES string of the molecule is CCN1CCC(c2ncc3c(CN)cccn23)C1. The molecular formula is C14H20N4. The summed E-state index contributed by atoms with van der Waals surface area (Å²) >= 11 is 0. The van der Waals surface area contributed by atoms with Gasteiger partial charge in [0.25, 0.3) is 0 Å². The van der Waals surface area contributed by atoms with Crippen LogP contribution in [0.2, 0.25) is 0 Å². The van der Waals surface area contributed by atoms with Gasteiger partial charge in [0, 0.05) is 25.2 Å². The molecule has 1 aliphatic heterocycles. The van der Waals surface area contributed by atoms with Crippen molar-refractivity contribution in [3.05, 3.63) is 35.9 Å². The summed E-state index contributed by atoms with van der Waals surface area (Å²) in [6.07, 6.45) is 5.28. The quantitative estimate of drug-likeness (QED) is 0.892. The molecular weight excluding hydrogens is 224 g/mol. The first-order valence-corrected chi connectivity index (χ1v) is 6.70. The third-order valence-corrected chi connectivity index (χ3v) is 3.99. The lowest BCUT2D eigenvalue weighted by Gasteiger charge is -2.12. The van der Waals surface area contributed by atoms with Crippen molar-refractivity contribution < 1.29 is 0 Å². The normalized spacial score (nSPS) is 20.9. The first-order chi connectivity index (χ1) is 8.83. The van der Waals surface area contributed by atoms with Gasteiger partial charge in [-0.25, -0.2) is 4.98 Å². The Morgan fingerprint density at radius 3 is 3.11 bits per heavy atom. The van der Waals surface area contributed by atoms with Crippen molar-refractivity contribution >= 4 is 5.52 Å². The Labute approximate surface area is 107 Å². The number of imidazole rings is 1. The predicted molar refractivity (Wildman–Crippen MR) is 72.6 cm³/mol. The third kappa shape index (κ3) is 1.82. The van der Waals surface area contributed by atoms with E-state index < -0.39 is 0 Å². The fourth-order valence-electron chi connectivity index (χ4n) is 2.91. The molecule has 0 amide bonds. The number of nitrogens with two attached hydrogens (primary N) is 1. The Kier molecular flexibility index (Phi) is 3.06. The van der Waals surface area contributed by atoms with Crippen LogP contribution in [0, 0.1) is 0 Å². The molecule has 4 heteroatoms. The van der Waals surface area contributed by atoms with Crippen molar-refractivity contribution in [3.63, 3.8) is 0 Å². The van der Waals surface area contributed by atoms with Gasteiger partial charge in [0.05, 0.1) is 11.7 Å². The lowest BCUT2D eigenvalue weighted by atomic mass is 10.1. The van der Waals surface area contributed by atoms with Crippen molar-refractivity contribution in [1.29, 1.82) is 0 Å². The van der Waals surface area contributed by atoms with E-state index in [9.17, 15) is 0 Å². The summed E-state index contributed by atoms with van der Waals surface area (Å²) in [5.74, 6) is 1.75. The second-order valence-corrected chi connectivity index (χ2v) is 4.99. The van der Waals surface area contributed by atoms with Crippen LogP contribution < -0.4 is 5.73 Å². The largest absolute Gasteiger partial charge is 0.326 e. The van der Waals surface area contributed by atoms with E-state index in [4.69, 9.17) is 5.73 Å². The molecule has 0 bridgehead atoms. The van der Waals surface area contributed by atoms with Crippen LogP contribution in [0.1, 0.15) is 30.7 Å². The van der Waals surface area contributed by atoms with E-state index in [2.05, 4.69) is 39.5 Å². The number of fused-ring (bicyclic) bond motifs is 1. The van der Waals surface area contributed by atoms with Crippen LogP contribution in [0.3, 0.4) is 0 Å². The molecule has 0 aliphatic carbocycles. The highest BCUT2D eigenvalue weighted by molar-refractivity contribution is 5.54. The molecule has 96 valence electrons. The van der Waals surface area contributed by atoms with E-state index >= 15 is 0 Å². The molecule has 18 heavy (non-hydrogen) atoms. The number of aromatic nitrogens is 2. The van der Waals surface area contributed by atoms with E-state index in [0.29, 0.717) is 12.5 Å². The Bertz CT molecular complexity index is 546. The van der Waals surface area contributed by atoms with Crippen molar-refractivity contribution in [2.24, 2.45) is 5.73 Å². The summed E-state index contributed by atoms with van der Waals surface area (Å²) in [6.45, 7) is 6.24. The topological polar surface area (TPSA) is 46.6 Å². The summed E-state index contributed by atoms with van der Waals surface area (Å²) in [6, 6.07) is 4.14. The third-order valence-electron chi connectivity index (χ3n) is 3.99. The summed E-state index contributed by atoms with van der Waals surface area (Å²) in [5.41, 5.74) is 8.10. The molecule has 1 unspecified atom stereocenters. The van der Waals surface area contributed by atoms with E-state index in [1.807, 2.05) is 6.20 Å². The molecule has 2 N–H and O–H groups in total. The van der Waals surface area contributed by atoms with E-state index in [1.54, 1.807) is 0 Å². The van der Waals surface area contributed by atoms with Crippen molar-refractivity contribution in [3.8, 4) is 0 Å². The van der Waals surface area contributed by atoms with Crippen molar-refractivity contribution in [2.45, 2.75) is 25.8 Å². The van der Waals surface area contributed by atoms with Gasteiger partial charge in [-0.05, 0) is 31.1 Å². The zero-order valence-electron chi connectivity index (χ0n) is 10.8. The number of nitrogens with zero attached hydrogens (tertiary/aromatic N) is 3. The molecule has 3 rings (SSSR count). The molecule has 2 aromatic rings. The molecule has 0 saturated carbocycles. The summed E-state index contributed by atoms with van der Waals surface area (Å²) in [4.78, 5) is 7.12. The lowest BCUT2D eigenvalue weighted by molar-refractivity contribution is 0.352. The second-order valence-electron chi connectivity index (χ2n) is 4.99. The standard InChI is InChI=1S/C14H20N4/c1-2-17-7-5-12(10-17)14-16-9-13-11(8-15)4-3-6-18(13)14/h3-4,6,9,12H,2,5,7-8,10,15H2,1H3. The van der Waals surface area contributed by atoms with Gasteiger partial charge in [-0.2, -0.15) is 0 Å². The molecule has 3 heterocycles. The minimum Gasteiger partial charge on any atom is -0.326 e. The number of hydrogen-bond donors (Lipinski definition) is 1. The number of pyridine rings is 1. The molecule has 4 nitrogen and oxygen atoms in total. The van der Waals surface area contributed by atoms with Crippen LogP contribution in [0.4, 0.5) is 0 Å². The van der Waals surface area contributed by atoms with Crippen molar-refractivity contribution in [2.75, 3.05) is 19.6 Å². The van der Waals surface area contributed by atoms with Crippen LogP contribution in [0.5, 0.6) is 0 Å². The van der Waals surface area contributed by atoms with Gasteiger partial charge in [-0.1, -0.05) is 13.0 Å². The zero-order chi connectivity index (χ0) is 12.5. The molecule has 0 radical (unpaired) electrons. The predicted octanol–water partition coefficient (Wildman–Crippen LogP) is 1.60. The monoisotopic (exact) mass is 244 g/mol. The highest BCUT2D eigenvalue weighted by atomic mass is 15.2.